The van der Waals surface area contributed by atoms with Gasteiger partial charge in [-0.15, -0.1) is 0 Å². The molecule has 3 N–H and O–H groups in total. The smallest absolute Gasteiger partial charge is 0.221 e. The van der Waals surface area contributed by atoms with Crippen molar-refractivity contribution in [3.8, 4) is 0 Å². The molecule has 0 aliphatic heterocycles. The number of amides is 1. The van der Waals surface area contributed by atoms with E-state index in [2.05, 4.69) is 16.0 Å². The summed E-state index contributed by atoms with van der Waals surface area (Å²) in [7, 11) is 3.22. The monoisotopic (exact) mass is 263 g/mol. The molecule has 0 radical (unpaired) electrons. The molecule has 100 valence electrons. The molecule has 0 atom stereocenters. The maximum atomic E-state index is 11.3. The Labute approximate surface area is 107 Å². The van der Waals surface area contributed by atoms with Gasteiger partial charge in [-0.05, 0) is 12.2 Å². The molecule has 0 heterocycles. The van der Waals surface area contributed by atoms with Crippen LogP contribution in [-0.4, -0.2) is 58.1 Å². The van der Waals surface area contributed by atoms with E-state index in [0.717, 1.165) is 0 Å². The summed E-state index contributed by atoms with van der Waals surface area (Å²) in [5.74, 6) is -0.0192. The van der Waals surface area contributed by atoms with Crippen LogP contribution in [0.1, 0.15) is 6.42 Å². The second-order valence-corrected chi connectivity index (χ2v) is 3.68. The van der Waals surface area contributed by atoms with Gasteiger partial charge >= 0.3 is 0 Å². The van der Waals surface area contributed by atoms with Crippen LogP contribution in [0.4, 0.5) is 0 Å². The van der Waals surface area contributed by atoms with Gasteiger partial charge in [0.25, 0.3) is 0 Å². The van der Waals surface area contributed by atoms with Crippen LogP contribution in [-0.2, 0) is 14.3 Å². The molecule has 0 saturated heterocycles. The van der Waals surface area contributed by atoms with E-state index in [1.54, 1.807) is 14.2 Å². The zero-order valence-electron chi connectivity index (χ0n) is 10.4. The molecule has 0 spiro atoms. The van der Waals surface area contributed by atoms with Crippen molar-refractivity contribution >= 4 is 23.2 Å². The Bertz CT molecular complexity index is 205. The van der Waals surface area contributed by atoms with Crippen molar-refractivity contribution in [2.24, 2.45) is 0 Å². The van der Waals surface area contributed by atoms with Crippen LogP contribution in [0, 0.1) is 0 Å². The Balaban J connectivity index is 3.36. The molecule has 7 heteroatoms. The number of ether oxygens (including phenoxy) is 2. The molecule has 6 nitrogen and oxygen atoms in total. The number of nitrogens with one attached hydrogen (secondary N) is 3. The highest BCUT2D eigenvalue weighted by atomic mass is 32.1. The average Bonchev–Trinajstić information content (AvgIpc) is 2.30. The molecule has 0 fully saturated rings. The van der Waals surface area contributed by atoms with Crippen molar-refractivity contribution in [2.75, 3.05) is 47.1 Å². The third kappa shape index (κ3) is 11.3. The van der Waals surface area contributed by atoms with E-state index in [4.69, 9.17) is 21.7 Å². The fourth-order valence-electron chi connectivity index (χ4n) is 1.000. The highest BCUT2D eigenvalue weighted by molar-refractivity contribution is 7.80. The summed E-state index contributed by atoms with van der Waals surface area (Å²) in [6, 6.07) is 0. The Kier molecular flexibility index (Phi) is 10.9. The molecule has 0 unspecified atom stereocenters. The predicted molar refractivity (Wildman–Crippen MR) is 70.0 cm³/mol. The van der Waals surface area contributed by atoms with Crippen LogP contribution < -0.4 is 16.0 Å². The molecule has 0 aromatic heterocycles. The van der Waals surface area contributed by atoms with Gasteiger partial charge in [-0.3, -0.25) is 4.79 Å². The Morgan fingerprint density at radius 2 is 1.53 bits per heavy atom. The quantitative estimate of drug-likeness (QED) is 0.375. The summed E-state index contributed by atoms with van der Waals surface area (Å²) in [4.78, 5) is 11.3. The number of thiocarbonyl (C=S) groups is 1. The minimum atomic E-state index is -0.0192. The van der Waals surface area contributed by atoms with Crippen molar-refractivity contribution in [3.05, 3.63) is 0 Å². The lowest BCUT2D eigenvalue weighted by Gasteiger charge is -2.10. The lowest BCUT2D eigenvalue weighted by molar-refractivity contribution is -0.121. The van der Waals surface area contributed by atoms with E-state index < -0.39 is 0 Å². The van der Waals surface area contributed by atoms with E-state index >= 15 is 0 Å². The van der Waals surface area contributed by atoms with Crippen LogP contribution in [0.15, 0.2) is 0 Å². The largest absolute Gasteiger partial charge is 0.383 e. The van der Waals surface area contributed by atoms with E-state index in [0.29, 0.717) is 44.4 Å². The summed E-state index contributed by atoms with van der Waals surface area (Å²) in [6.07, 6.45) is 0.385. The van der Waals surface area contributed by atoms with Crippen LogP contribution in [0.3, 0.4) is 0 Å². The summed E-state index contributed by atoms with van der Waals surface area (Å²) in [5, 5.41) is 9.14. The summed E-state index contributed by atoms with van der Waals surface area (Å²) >= 11 is 5.00. The Morgan fingerprint density at radius 1 is 1.00 bits per heavy atom. The van der Waals surface area contributed by atoms with Gasteiger partial charge in [0.2, 0.25) is 5.91 Å². The molecular formula is C10H21N3O3S. The molecule has 17 heavy (non-hydrogen) atoms. The highest BCUT2D eigenvalue weighted by Gasteiger charge is 2.00. The Hall–Kier alpha value is -0.920. The van der Waals surface area contributed by atoms with Gasteiger partial charge in [0.05, 0.1) is 13.2 Å². The number of carbonyl (C=O) groups is 1. The average molecular weight is 263 g/mol. The molecule has 0 aliphatic rings. The normalized spacial score (nSPS) is 9.76. The SMILES string of the molecule is COCCNC(=O)CCNC(=S)NCCOC. The van der Waals surface area contributed by atoms with E-state index in [1.807, 2.05) is 0 Å². The van der Waals surface area contributed by atoms with Gasteiger partial charge < -0.3 is 25.4 Å². The van der Waals surface area contributed by atoms with Crippen molar-refractivity contribution in [1.82, 2.24) is 16.0 Å². The zero-order valence-corrected chi connectivity index (χ0v) is 11.2. The second kappa shape index (κ2) is 11.6. The maximum absolute atomic E-state index is 11.3. The van der Waals surface area contributed by atoms with Crippen molar-refractivity contribution in [1.29, 1.82) is 0 Å². The molecule has 0 saturated carbocycles. The highest BCUT2D eigenvalue weighted by Crippen LogP contribution is 1.78. The number of carbonyl (C=O) groups excluding carboxylic acids is 1. The first kappa shape index (κ1) is 16.1. The minimum Gasteiger partial charge on any atom is -0.383 e. The number of hydrogen-bond donors (Lipinski definition) is 3. The zero-order chi connectivity index (χ0) is 12.9. The summed E-state index contributed by atoms with van der Waals surface area (Å²) < 4.78 is 9.68. The first-order valence-corrected chi connectivity index (χ1v) is 5.87. The molecule has 0 aromatic carbocycles. The number of rotatable bonds is 9. The number of hydrogen-bond acceptors (Lipinski definition) is 4. The van der Waals surface area contributed by atoms with Gasteiger partial charge in [0.1, 0.15) is 0 Å². The molecule has 0 rings (SSSR count). The topological polar surface area (TPSA) is 71.6 Å². The predicted octanol–water partition coefficient (Wildman–Crippen LogP) is -0.750. The van der Waals surface area contributed by atoms with Crippen molar-refractivity contribution < 1.29 is 14.3 Å². The molecule has 0 bridgehead atoms. The summed E-state index contributed by atoms with van der Waals surface area (Å²) in [6.45, 7) is 2.82. The standard InChI is InChI=1S/C10H21N3O3S/c1-15-7-5-11-9(14)3-4-12-10(17)13-6-8-16-2/h3-8H2,1-2H3,(H,11,14)(H2,12,13,17). The van der Waals surface area contributed by atoms with Crippen LogP contribution >= 0.6 is 12.2 Å². The third-order valence-corrected chi connectivity index (χ3v) is 2.15. The van der Waals surface area contributed by atoms with Gasteiger partial charge in [-0.25, -0.2) is 0 Å². The first-order valence-electron chi connectivity index (χ1n) is 5.47. The molecule has 0 aliphatic carbocycles. The number of methoxy groups -OCH3 is 2. The lowest BCUT2D eigenvalue weighted by atomic mass is 10.4. The fourth-order valence-corrected chi connectivity index (χ4v) is 1.20. The molecule has 0 aromatic rings. The second-order valence-electron chi connectivity index (χ2n) is 3.27. The third-order valence-electron chi connectivity index (χ3n) is 1.86. The maximum Gasteiger partial charge on any atom is 0.221 e. The van der Waals surface area contributed by atoms with Gasteiger partial charge in [0, 0.05) is 40.3 Å². The molecular weight excluding hydrogens is 242 g/mol. The van der Waals surface area contributed by atoms with Crippen LogP contribution in [0.2, 0.25) is 0 Å². The summed E-state index contributed by atoms with van der Waals surface area (Å²) in [5.41, 5.74) is 0. The first-order chi connectivity index (χ1) is 8.20. The van der Waals surface area contributed by atoms with Gasteiger partial charge in [0.15, 0.2) is 5.11 Å². The fraction of sp³-hybridized carbons (Fsp3) is 0.800. The van der Waals surface area contributed by atoms with Gasteiger partial charge in [-0.2, -0.15) is 0 Å². The van der Waals surface area contributed by atoms with Crippen LogP contribution in [0.5, 0.6) is 0 Å². The van der Waals surface area contributed by atoms with Crippen LogP contribution in [0.25, 0.3) is 0 Å². The minimum absolute atomic E-state index is 0.0192. The van der Waals surface area contributed by atoms with Gasteiger partial charge in [-0.1, -0.05) is 0 Å². The van der Waals surface area contributed by atoms with E-state index in [1.165, 1.54) is 0 Å². The van der Waals surface area contributed by atoms with E-state index in [-0.39, 0.29) is 5.91 Å². The van der Waals surface area contributed by atoms with Crippen molar-refractivity contribution in [3.63, 3.8) is 0 Å². The lowest BCUT2D eigenvalue weighted by Crippen LogP contribution is -2.39. The van der Waals surface area contributed by atoms with Crippen molar-refractivity contribution in [2.45, 2.75) is 6.42 Å². The molecule has 1 amide bonds. The van der Waals surface area contributed by atoms with E-state index in [9.17, 15) is 4.79 Å². The Morgan fingerprint density at radius 3 is 2.12 bits per heavy atom.